The zero-order valence-electron chi connectivity index (χ0n) is 10.2. The highest BCUT2D eigenvalue weighted by molar-refractivity contribution is 5.26. The van der Waals surface area contributed by atoms with Crippen LogP contribution in [0.3, 0.4) is 0 Å². The van der Waals surface area contributed by atoms with Gasteiger partial charge in [-0.3, -0.25) is 4.90 Å². The zero-order chi connectivity index (χ0) is 12.0. The van der Waals surface area contributed by atoms with E-state index in [1.54, 1.807) is 12.1 Å². The summed E-state index contributed by atoms with van der Waals surface area (Å²) in [7, 11) is 2.17. The van der Waals surface area contributed by atoms with Gasteiger partial charge in [0.2, 0.25) is 0 Å². The Balaban J connectivity index is 1.94. The van der Waals surface area contributed by atoms with Crippen molar-refractivity contribution in [1.29, 1.82) is 0 Å². The number of benzene rings is 1. The van der Waals surface area contributed by atoms with E-state index in [1.165, 1.54) is 18.9 Å². The van der Waals surface area contributed by atoms with Crippen LogP contribution in [0.5, 0.6) is 0 Å². The van der Waals surface area contributed by atoms with Gasteiger partial charge < -0.3 is 5.73 Å². The van der Waals surface area contributed by atoms with Gasteiger partial charge in [0.25, 0.3) is 0 Å². The SMILES string of the molecule is CN1C2CCC1(C(N)c1cccc(F)c1)CC2. The van der Waals surface area contributed by atoms with Gasteiger partial charge in [-0.2, -0.15) is 0 Å². The van der Waals surface area contributed by atoms with E-state index in [1.807, 2.05) is 6.07 Å². The zero-order valence-corrected chi connectivity index (χ0v) is 10.2. The Morgan fingerprint density at radius 2 is 2.12 bits per heavy atom. The molecule has 2 aliphatic heterocycles. The van der Waals surface area contributed by atoms with Crippen LogP contribution in [0, 0.1) is 5.82 Å². The summed E-state index contributed by atoms with van der Waals surface area (Å²) in [5, 5.41) is 0. The monoisotopic (exact) mass is 234 g/mol. The lowest BCUT2D eigenvalue weighted by Crippen LogP contribution is -2.47. The van der Waals surface area contributed by atoms with E-state index >= 15 is 0 Å². The van der Waals surface area contributed by atoms with E-state index in [2.05, 4.69) is 11.9 Å². The molecule has 2 N–H and O–H groups in total. The molecule has 2 fully saturated rings. The molecule has 0 aromatic heterocycles. The highest BCUT2D eigenvalue weighted by atomic mass is 19.1. The molecule has 3 rings (SSSR count). The average Bonchev–Trinajstić information content (AvgIpc) is 2.83. The lowest BCUT2D eigenvalue weighted by molar-refractivity contribution is 0.157. The second kappa shape index (κ2) is 3.79. The lowest BCUT2D eigenvalue weighted by Gasteiger charge is -2.38. The molecule has 2 saturated heterocycles. The Morgan fingerprint density at radius 3 is 2.65 bits per heavy atom. The van der Waals surface area contributed by atoms with Gasteiger partial charge in [-0.25, -0.2) is 4.39 Å². The topological polar surface area (TPSA) is 29.3 Å². The van der Waals surface area contributed by atoms with Crippen molar-refractivity contribution in [2.24, 2.45) is 5.73 Å². The second-order valence-corrected chi connectivity index (χ2v) is 5.48. The van der Waals surface area contributed by atoms with E-state index in [0.717, 1.165) is 18.4 Å². The van der Waals surface area contributed by atoms with Gasteiger partial charge in [-0.15, -0.1) is 0 Å². The van der Waals surface area contributed by atoms with Gasteiger partial charge in [-0.1, -0.05) is 12.1 Å². The minimum absolute atomic E-state index is 0.0679. The van der Waals surface area contributed by atoms with Crippen molar-refractivity contribution in [3.05, 3.63) is 35.6 Å². The predicted octanol–water partition coefficient (Wildman–Crippen LogP) is 2.45. The smallest absolute Gasteiger partial charge is 0.123 e. The van der Waals surface area contributed by atoms with Crippen LogP contribution >= 0.6 is 0 Å². The van der Waals surface area contributed by atoms with Crippen LogP contribution in [-0.2, 0) is 0 Å². The maximum atomic E-state index is 13.3. The Labute approximate surface area is 102 Å². The van der Waals surface area contributed by atoms with Crippen molar-refractivity contribution >= 4 is 0 Å². The fraction of sp³-hybridized carbons (Fsp3) is 0.571. The molecule has 0 spiro atoms. The minimum Gasteiger partial charge on any atom is -0.322 e. The summed E-state index contributed by atoms with van der Waals surface area (Å²) < 4.78 is 13.3. The lowest BCUT2D eigenvalue weighted by atomic mass is 9.79. The molecule has 2 nitrogen and oxygen atoms in total. The molecule has 0 amide bonds. The van der Waals surface area contributed by atoms with E-state index in [-0.39, 0.29) is 17.4 Å². The number of hydrogen-bond donors (Lipinski definition) is 1. The summed E-state index contributed by atoms with van der Waals surface area (Å²) in [4.78, 5) is 2.43. The van der Waals surface area contributed by atoms with Crippen LogP contribution in [-0.4, -0.2) is 23.5 Å². The van der Waals surface area contributed by atoms with Crippen LogP contribution in [0.25, 0.3) is 0 Å². The first-order chi connectivity index (χ1) is 8.13. The number of hydrogen-bond acceptors (Lipinski definition) is 2. The number of rotatable bonds is 2. The van der Waals surface area contributed by atoms with Crippen LogP contribution in [0.1, 0.15) is 37.3 Å². The Bertz CT molecular complexity index is 424. The van der Waals surface area contributed by atoms with E-state index in [4.69, 9.17) is 5.73 Å². The van der Waals surface area contributed by atoms with Crippen molar-refractivity contribution in [3.8, 4) is 0 Å². The van der Waals surface area contributed by atoms with Crippen LogP contribution in [0.4, 0.5) is 4.39 Å². The molecule has 0 radical (unpaired) electrons. The summed E-state index contributed by atoms with van der Waals surface area (Å²) in [6.07, 6.45) is 4.76. The fourth-order valence-corrected chi connectivity index (χ4v) is 3.75. The first kappa shape index (κ1) is 11.2. The Morgan fingerprint density at radius 1 is 1.41 bits per heavy atom. The van der Waals surface area contributed by atoms with Crippen LogP contribution in [0.15, 0.2) is 24.3 Å². The van der Waals surface area contributed by atoms with Gasteiger partial charge in [-0.05, 0) is 50.4 Å². The summed E-state index contributed by atoms with van der Waals surface area (Å²) in [5.41, 5.74) is 7.42. The number of nitrogens with two attached hydrogens (primary N) is 1. The minimum atomic E-state index is -0.190. The average molecular weight is 234 g/mol. The van der Waals surface area contributed by atoms with Crippen LogP contribution in [0.2, 0.25) is 0 Å². The van der Waals surface area contributed by atoms with Gasteiger partial charge in [0.1, 0.15) is 5.82 Å². The van der Waals surface area contributed by atoms with E-state index in [0.29, 0.717) is 6.04 Å². The third-order valence-electron chi connectivity index (χ3n) is 4.86. The van der Waals surface area contributed by atoms with Crippen molar-refractivity contribution in [2.45, 2.75) is 43.3 Å². The van der Waals surface area contributed by atoms with E-state index in [9.17, 15) is 4.39 Å². The number of nitrogens with zero attached hydrogens (tertiary/aromatic N) is 1. The van der Waals surface area contributed by atoms with E-state index < -0.39 is 0 Å². The Hall–Kier alpha value is -0.930. The molecule has 1 unspecified atom stereocenters. The van der Waals surface area contributed by atoms with Gasteiger partial charge in [0.15, 0.2) is 0 Å². The van der Waals surface area contributed by atoms with Crippen molar-refractivity contribution in [2.75, 3.05) is 7.05 Å². The molecular formula is C14H19FN2. The molecule has 17 heavy (non-hydrogen) atoms. The molecule has 92 valence electrons. The van der Waals surface area contributed by atoms with Gasteiger partial charge in [0, 0.05) is 17.6 Å². The normalized spacial score (nSPS) is 34.2. The first-order valence-electron chi connectivity index (χ1n) is 6.37. The molecule has 2 heterocycles. The molecule has 1 aromatic rings. The van der Waals surface area contributed by atoms with Crippen molar-refractivity contribution < 1.29 is 4.39 Å². The molecule has 0 saturated carbocycles. The summed E-state index contributed by atoms with van der Waals surface area (Å²) in [6.45, 7) is 0. The molecule has 1 aromatic carbocycles. The number of likely N-dealkylation sites (N-methyl/N-ethyl adjacent to an activating group) is 1. The van der Waals surface area contributed by atoms with Crippen molar-refractivity contribution in [1.82, 2.24) is 4.90 Å². The standard InChI is InChI=1S/C14H19FN2/c1-17-12-5-7-14(17,8-6-12)13(16)10-3-2-4-11(15)9-10/h2-4,9,12-13H,5-8,16H2,1H3. The maximum Gasteiger partial charge on any atom is 0.123 e. The Kier molecular flexibility index (Phi) is 2.49. The highest BCUT2D eigenvalue weighted by Crippen LogP contribution is 2.50. The summed E-state index contributed by atoms with van der Waals surface area (Å²) >= 11 is 0. The second-order valence-electron chi connectivity index (χ2n) is 5.48. The number of fused-ring (bicyclic) bond motifs is 2. The van der Waals surface area contributed by atoms with Gasteiger partial charge in [0.05, 0.1) is 0 Å². The molecule has 0 aliphatic carbocycles. The first-order valence-corrected chi connectivity index (χ1v) is 6.37. The molecule has 1 atom stereocenters. The largest absolute Gasteiger partial charge is 0.322 e. The van der Waals surface area contributed by atoms with Crippen molar-refractivity contribution in [3.63, 3.8) is 0 Å². The third-order valence-corrected chi connectivity index (χ3v) is 4.86. The molecular weight excluding hydrogens is 215 g/mol. The predicted molar refractivity (Wildman–Crippen MR) is 66.1 cm³/mol. The quantitative estimate of drug-likeness (QED) is 0.851. The summed E-state index contributed by atoms with van der Waals surface area (Å²) in [5.74, 6) is -0.190. The summed E-state index contributed by atoms with van der Waals surface area (Å²) in [6, 6.07) is 7.37. The maximum absolute atomic E-state index is 13.3. The third kappa shape index (κ3) is 1.53. The molecule has 2 aliphatic rings. The highest BCUT2D eigenvalue weighted by Gasteiger charge is 2.53. The number of halogens is 1. The van der Waals surface area contributed by atoms with Crippen LogP contribution < -0.4 is 5.73 Å². The molecule has 2 bridgehead atoms. The molecule has 3 heteroatoms. The fourth-order valence-electron chi connectivity index (χ4n) is 3.75. The van der Waals surface area contributed by atoms with Gasteiger partial charge >= 0.3 is 0 Å².